The molecule has 2 aromatic rings. The Balaban J connectivity index is 2.09. The number of benzene rings is 1. The highest BCUT2D eigenvalue weighted by molar-refractivity contribution is 8.03. The molecule has 1 aromatic heterocycles. The monoisotopic (exact) mass is 329 g/mol. The number of nitrogens with zero attached hydrogens (tertiary/aromatic N) is 2. The molecule has 0 spiro atoms. The number of anilines is 1. The molecular formula is C16H12FN3O2S. The fourth-order valence-electron chi connectivity index (χ4n) is 2.35. The van der Waals surface area contributed by atoms with Gasteiger partial charge in [-0.25, -0.2) is 14.4 Å². The fourth-order valence-corrected chi connectivity index (χ4v) is 2.98. The first-order chi connectivity index (χ1) is 11.0. The molecule has 1 N–H and O–H groups in total. The molecule has 0 saturated carbocycles. The van der Waals surface area contributed by atoms with Crippen molar-refractivity contribution >= 4 is 29.0 Å². The molecule has 0 fully saturated rings. The van der Waals surface area contributed by atoms with Crippen LogP contribution in [-0.2, 0) is 0 Å². The number of carbonyl (C=O) groups is 2. The molecule has 5 nitrogen and oxygen atoms in total. The lowest BCUT2D eigenvalue weighted by Gasteiger charge is -2.20. The van der Waals surface area contributed by atoms with Crippen LogP contribution in [0, 0.1) is 12.7 Å². The van der Waals surface area contributed by atoms with E-state index in [-0.39, 0.29) is 39.2 Å². The number of ketones is 2. The second-order valence-electron chi connectivity index (χ2n) is 4.94. The molecule has 1 aromatic carbocycles. The molecule has 1 heterocycles. The van der Waals surface area contributed by atoms with Gasteiger partial charge in [0.2, 0.25) is 11.6 Å². The van der Waals surface area contributed by atoms with Crippen molar-refractivity contribution in [1.29, 1.82) is 0 Å². The van der Waals surface area contributed by atoms with E-state index < -0.39 is 0 Å². The number of hydrogen-bond donors (Lipinski definition) is 1. The maximum absolute atomic E-state index is 13.2. The molecule has 0 bridgehead atoms. The second-order valence-corrected chi connectivity index (χ2v) is 5.75. The summed E-state index contributed by atoms with van der Waals surface area (Å²) in [6, 6.07) is 4.18. The van der Waals surface area contributed by atoms with Crippen molar-refractivity contribution in [2.45, 2.75) is 6.92 Å². The molecule has 0 unspecified atom stereocenters. The summed E-state index contributed by atoms with van der Waals surface area (Å²) in [5, 5.41) is 2.96. The second kappa shape index (κ2) is 5.92. The average Bonchev–Trinajstić information content (AvgIpc) is 2.55. The van der Waals surface area contributed by atoms with E-state index in [1.165, 1.54) is 42.5 Å². The van der Waals surface area contributed by atoms with Crippen LogP contribution in [0.4, 0.5) is 10.1 Å². The minimum atomic E-state index is -0.364. The zero-order valence-electron chi connectivity index (χ0n) is 12.4. The van der Waals surface area contributed by atoms with E-state index in [1.807, 2.05) is 0 Å². The number of aromatic nitrogens is 2. The quantitative estimate of drug-likeness (QED) is 0.933. The molecule has 23 heavy (non-hydrogen) atoms. The number of nitrogens with one attached hydrogen (secondary N) is 1. The number of carbonyl (C=O) groups excluding carboxylic acids is 2. The summed E-state index contributed by atoms with van der Waals surface area (Å²) in [5.74, 6) is -1.04. The number of allylic oxidation sites excluding steroid dienone is 2. The van der Waals surface area contributed by atoms with Crippen LogP contribution in [0.5, 0.6) is 0 Å². The van der Waals surface area contributed by atoms with Crippen LogP contribution in [0.25, 0.3) is 0 Å². The van der Waals surface area contributed by atoms with Gasteiger partial charge >= 0.3 is 0 Å². The fraction of sp³-hybridized carbons (Fsp3) is 0.125. The van der Waals surface area contributed by atoms with Gasteiger partial charge in [0.25, 0.3) is 0 Å². The Morgan fingerprint density at radius 2 is 2.00 bits per heavy atom. The van der Waals surface area contributed by atoms with Crippen LogP contribution in [0.1, 0.15) is 26.4 Å². The Bertz CT molecular complexity index is 864. The van der Waals surface area contributed by atoms with Crippen LogP contribution < -0.4 is 5.32 Å². The third-order valence-electron chi connectivity index (χ3n) is 3.48. The van der Waals surface area contributed by atoms with E-state index in [4.69, 9.17) is 0 Å². The van der Waals surface area contributed by atoms with E-state index in [1.54, 1.807) is 13.2 Å². The van der Waals surface area contributed by atoms with Gasteiger partial charge < -0.3 is 5.32 Å². The van der Waals surface area contributed by atoms with Crippen LogP contribution in [0.15, 0.2) is 41.3 Å². The molecule has 1 aliphatic rings. The van der Waals surface area contributed by atoms with Crippen molar-refractivity contribution in [2.75, 3.05) is 11.6 Å². The lowest BCUT2D eigenvalue weighted by Crippen LogP contribution is -2.26. The zero-order chi connectivity index (χ0) is 16.6. The number of halogens is 1. The predicted molar refractivity (Wildman–Crippen MR) is 86.0 cm³/mol. The van der Waals surface area contributed by atoms with Gasteiger partial charge in [-0.05, 0) is 36.9 Å². The summed E-state index contributed by atoms with van der Waals surface area (Å²) >= 11 is 1.17. The smallest absolute Gasteiger partial charge is 0.220 e. The normalized spacial score (nSPS) is 14.0. The predicted octanol–water partition coefficient (Wildman–Crippen LogP) is 2.99. The summed E-state index contributed by atoms with van der Waals surface area (Å²) < 4.78 is 13.2. The molecule has 3 rings (SSSR count). The Hall–Kier alpha value is -2.54. The lowest BCUT2D eigenvalue weighted by atomic mass is 9.98. The third kappa shape index (κ3) is 2.63. The first-order valence-corrected chi connectivity index (χ1v) is 7.96. The first-order valence-electron chi connectivity index (χ1n) is 6.73. The number of Topliss-reactive ketones (excluding diaryl/α,β-unsaturated/α-hetero) is 2. The van der Waals surface area contributed by atoms with Crippen LogP contribution in [0.2, 0.25) is 0 Å². The maximum atomic E-state index is 13.2. The van der Waals surface area contributed by atoms with Crippen molar-refractivity contribution < 1.29 is 14.0 Å². The summed E-state index contributed by atoms with van der Waals surface area (Å²) in [7, 11) is 0. The number of hydrogen-bond acceptors (Lipinski definition) is 6. The minimum Gasteiger partial charge on any atom is -0.351 e. The molecule has 0 radical (unpaired) electrons. The number of fused-ring (bicyclic) bond motifs is 1. The van der Waals surface area contributed by atoms with Gasteiger partial charge in [0.05, 0.1) is 10.5 Å². The number of aryl methyl sites for hydroxylation is 1. The highest BCUT2D eigenvalue weighted by Gasteiger charge is 2.33. The first kappa shape index (κ1) is 15.4. The highest BCUT2D eigenvalue weighted by atomic mass is 32.2. The SMILES string of the molecule is CSC1=C(Nc2ccc(F)cc2C)C(=O)c2cncnc2C1=O. The Morgan fingerprint density at radius 3 is 2.70 bits per heavy atom. The molecule has 0 aliphatic heterocycles. The molecular weight excluding hydrogens is 317 g/mol. The van der Waals surface area contributed by atoms with Crippen LogP contribution >= 0.6 is 11.8 Å². The van der Waals surface area contributed by atoms with Gasteiger partial charge in [0.15, 0.2) is 0 Å². The summed E-state index contributed by atoms with van der Waals surface area (Å²) in [6.45, 7) is 1.72. The van der Waals surface area contributed by atoms with Gasteiger partial charge in [-0.1, -0.05) is 0 Å². The van der Waals surface area contributed by atoms with Gasteiger partial charge in [-0.15, -0.1) is 11.8 Å². The van der Waals surface area contributed by atoms with Crippen molar-refractivity contribution in [3.8, 4) is 0 Å². The van der Waals surface area contributed by atoms with E-state index >= 15 is 0 Å². The van der Waals surface area contributed by atoms with Crippen LogP contribution in [0.3, 0.4) is 0 Å². The molecule has 0 saturated heterocycles. The number of rotatable bonds is 3. The Kier molecular flexibility index (Phi) is 3.96. The van der Waals surface area contributed by atoms with Crippen molar-refractivity contribution in [2.24, 2.45) is 0 Å². The van der Waals surface area contributed by atoms with Crippen LogP contribution in [-0.4, -0.2) is 27.8 Å². The Labute approximate surface area is 136 Å². The topological polar surface area (TPSA) is 72.0 Å². The van der Waals surface area contributed by atoms with Gasteiger partial charge in [-0.3, -0.25) is 9.59 Å². The van der Waals surface area contributed by atoms with Crippen molar-refractivity contribution in [3.05, 3.63) is 64.0 Å². The van der Waals surface area contributed by atoms with E-state index in [0.717, 1.165) is 0 Å². The molecule has 1 aliphatic carbocycles. The van der Waals surface area contributed by atoms with Gasteiger partial charge in [0, 0.05) is 11.9 Å². The number of thioether (sulfide) groups is 1. The molecule has 7 heteroatoms. The third-order valence-corrected chi connectivity index (χ3v) is 4.28. The van der Waals surface area contributed by atoms with Gasteiger partial charge in [-0.2, -0.15) is 0 Å². The van der Waals surface area contributed by atoms with Gasteiger partial charge in [0.1, 0.15) is 23.5 Å². The van der Waals surface area contributed by atoms with E-state index in [0.29, 0.717) is 11.3 Å². The Morgan fingerprint density at radius 1 is 1.22 bits per heavy atom. The van der Waals surface area contributed by atoms with E-state index in [2.05, 4.69) is 15.3 Å². The van der Waals surface area contributed by atoms with Crippen molar-refractivity contribution in [3.63, 3.8) is 0 Å². The van der Waals surface area contributed by atoms with Crippen molar-refractivity contribution in [1.82, 2.24) is 9.97 Å². The average molecular weight is 329 g/mol. The standard InChI is InChI=1S/C16H12FN3O2S/c1-8-5-9(17)3-4-11(8)20-13-14(21)10-6-18-7-19-12(10)15(22)16(13)23-2/h3-7,20H,1-2H3. The maximum Gasteiger partial charge on any atom is 0.220 e. The minimum absolute atomic E-state index is 0.107. The zero-order valence-corrected chi connectivity index (χ0v) is 13.2. The molecule has 116 valence electrons. The summed E-state index contributed by atoms with van der Waals surface area (Å²) in [6.07, 6.45) is 4.29. The highest BCUT2D eigenvalue weighted by Crippen LogP contribution is 2.31. The van der Waals surface area contributed by atoms with E-state index in [9.17, 15) is 14.0 Å². The molecule has 0 amide bonds. The largest absolute Gasteiger partial charge is 0.351 e. The summed E-state index contributed by atoms with van der Waals surface area (Å²) in [5.41, 5.74) is 1.63. The molecule has 0 atom stereocenters. The summed E-state index contributed by atoms with van der Waals surface area (Å²) in [4.78, 5) is 33.2. The lowest BCUT2D eigenvalue weighted by molar-refractivity contribution is 0.0978.